The number of anilines is 1. The van der Waals surface area contributed by atoms with Gasteiger partial charge in [-0.3, -0.25) is 9.63 Å². The van der Waals surface area contributed by atoms with E-state index in [2.05, 4.69) is 0 Å². The monoisotopic (exact) mass is 266 g/mol. The molecule has 6 heteroatoms. The Morgan fingerprint density at radius 3 is 2.53 bits per heavy atom. The van der Waals surface area contributed by atoms with Crippen molar-refractivity contribution < 1.29 is 19.1 Å². The van der Waals surface area contributed by atoms with Crippen molar-refractivity contribution in [3.63, 3.8) is 0 Å². The number of carbonyl (C=O) groups excluding carboxylic acids is 1. The molecule has 1 aliphatic heterocycles. The SMILES string of the molecule is COc1cc(N)c(C(=O)N2CCCCO2)cc1OC. The number of rotatable bonds is 3. The number of hydroxylamine groups is 2. The highest BCUT2D eigenvalue weighted by Gasteiger charge is 2.23. The van der Waals surface area contributed by atoms with Crippen LogP contribution in [0.4, 0.5) is 5.69 Å². The molecule has 0 aliphatic carbocycles. The van der Waals surface area contributed by atoms with Gasteiger partial charge < -0.3 is 15.2 Å². The minimum Gasteiger partial charge on any atom is -0.493 e. The molecule has 2 N–H and O–H groups in total. The van der Waals surface area contributed by atoms with E-state index in [1.165, 1.54) is 19.3 Å². The van der Waals surface area contributed by atoms with E-state index >= 15 is 0 Å². The molecule has 1 aromatic rings. The zero-order valence-electron chi connectivity index (χ0n) is 11.1. The molecule has 1 aliphatic rings. The van der Waals surface area contributed by atoms with Crippen LogP contribution >= 0.6 is 0 Å². The van der Waals surface area contributed by atoms with Crippen LogP contribution < -0.4 is 15.2 Å². The molecule has 0 radical (unpaired) electrons. The van der Waals surface area contributed by atoms with Crippen LogP contribution in [0.5, 0.6) is 11.5 Å². The molecule has 1 heterocycles. The Labute approximate surface area is 112 Å². The lowest BCUT2D eigenvalue weighted by molar-refractivity contribution is -0.144. The van der Waals surface area contributed by atoms with E-state index in [1.807, 2.05) is 0 Å². The molecule has 0 unspecified atom stereocenters. The maximum atomic E-state index is 12.3. The Balaban J connectivity index is 2.30. The number of hydrogen-bond donors (Lipinski definition) is 1. The van der Waals surface area contributed by atoms with Crippen molar-refractivity contribution in [3.8, 4) is 11.5 Å². The molecule has 1 amide bonds. The maximum absolute atomic E-state index is 12.3. The Kier molecular flexibility index (Phi) is 4.11. The van der Waals surface area contributed by atoms with Crippen LogP contribution in [0.15, 0.2) is 12.1 Å². The van der Waals surface area contributed by atoms with E-state index in [9.17, 15) is 4.79 Å². The van der Waals surface area contributed by atoms with Crippen molar-refractivity contribution in [1.29, 1.82) is 0 Å². The molecule has 0 saturated carbocycles. The highest BCUT2D eigenvalue weighted by Crippen LogP contribution is 2.32. The average molecular weight is 266 g/mol. The van der Waals surface area contributed by atoms with Gasteiger partial charge in [0.15, 0.2) is 11.5 Å². The third-order valence-corrected chi connectivity index (χ3v) is 3.02. The molecule has 0 aromatic heterocycles. The number of hydrogen-bond acceptors (Lipinski definition) is 5. The molecule has 6 nitrogen and oxygen atoms in total. The Hall–Kier alpha value is -1.95. The fraction of sp³-hybridized carbons (Fsp3) is 0.462. The second-order valence-electron chi connectivity index (χ2n) is 4.24. The van der Waals surface area contributed by atoms with Crippen LogP contribution in [0.1, 0.15) is 23.2 Å². The third kappa shape index (κ3) is 2.73. The van der Waals surface area contributed by atoms with E-state index in [4.69, 9.17) is 20.0 Å². The van der Waals surface area contributed by atoms with Gasteiger partial charge >= 0.3 is 0 Å². The summed E-state index contributed by atoms with van der Waals surface area (Å²) in [4.78, 5) is 17.6. The highest BCUT2D eigenvalue weighted by molar-refractivity contribution is 5.99. The fourth-order valence-electron chi connectivity index (χ4n) is 1.97. The number of nitrogen functional groups attached to an aromatic ring is 1. The number of nitrogens with zero attached hydrogens (tertiary/aromatic N) is 1. The molecule has 1 fully saturated rings. The van der Waals surface area contributed by atoms with Crippen LogP contribution in [0, 0.1) is 0 Å². The second-order valence-corrected chi connectivity index (χ2v) is 4.24. The van der Waals surface area contributed by atoms with Gasteiger partial charge in [0.05, 0.1) is 26.4 Å². The van der Waals surface area contributed by atoms with Gasteiger partial charge in [-0.05, 0) is 18.9 Å². The lowest BCUT2D eigenvalue weighted by atomic mass is 10.1. The third-order valence-electron chi connectivity index (χ3n) is 3.02. The predicted octanol–water partition coefficient (Wildman–Crippen LogP) is 1.45. The van der Waals surface area contributed by atoms with Crippen molar-refractivity contribution in [1.82, 2.24) is 5.06 Å². The first-order chi connectivity index (χ1) is 9.17. The summed E-state index contributed by atoms with van der Waals surface area (Å²) in [5.74, 6) is 0.714. The van der Waals surface area contributed by atoms with Gasteiger partial charge in [-0.2, -0.15) is 0 Å². The first-order valence-corrected chi connectivity index (χ1v) is 6.13. The summed E-state index contributed by atoms with van der Waals surface area (Å²) >= 11 is 0. The molecule has 19 heavy (non-hydrogen) atoms. The molecular weight excluding hydrogens is 248 g/mol. The predicted molar refractivity (Wildman–Crippen MR) is 70.2 cm³/mol. The zero-order valence-corrected chi connectivity index (χ0v) is 11.1. The minimum atomic E-state index is -0.252. The lowest BCUT2D eigenvalue weighted by Crippen LogP contribution is -2.36. The van der Waals surface area contributed by atoms with E-state index in [1.54, 1.807) is 12.1 Å². The Bertz CT molecular complexity index is 470. The van der Waals surface area contributed by atoms with E-state index in [0.717, 1.165) is 12.8 Å². The minimum absolute atomic E-state index is 0.252. The van der Waals surface area contributed by atoms with Crippen LogP contribution in [-0.4, -0.2) is 38.3 Å². The van der Waals surface area contributed by atoms with Crippen molar-refractivity contribution in [3.05, 3.63) is 17.7 Å². The molecule has 2 rings (SSSR count). The van der Waals surface area contributed by atoms with Gasteiger partial charge in [-0.25, -0.2) is 5.06 Å². The molecule has 104 valence electrons. The molecule has 0 spiro atoms. The van der Waals surface area contributed by atoms with Gasteiger partial charge in [-0.15, -0.1) is 0 Å². The smallest absolute Gasteiger partial charge is 0.279 e. The van der Waals surface area contributed by atoms with Gasteiger partial charge in [-0.1, -0.05) is 0 Å². The van der Waals surface area contributed by atoms with Crippen molar-refractivity contribution in [2.75, 3.05) is 33.1 Å². The van der Waals surface area contributed by atoms with E-state index in [-0.39, 0.29) is 5.91 Å². The van der Waals surface area contributed by atoms with Gasteiger partial charge in [0.1, 0.15) is 0 Å². The lowest BCUT2D eigenvalue weighted by Gasteiger charge is -2.26. The largest absolute Gasteiger partial charge is 0.493 e. The van der Waals surface area contributed by atoms with Crippen molar-refractivity contribution in [2.45, 2.75) is 12.8 Å². The van der Waals surface area contributed by atoms with Crippen molar-refractivity contribution >= 4 is 11.6 Å². The average Bonchev–Trinajstić information content (AvgIpc) is 2.47. The number of methoxy groups -OCH3 is 2. The maximum Gasteiger partial charge on any atom is 0.279 e. The molecule has 1 saturated heterocycles. The zero-order chi connectivity index (χ0) is 13.8. The van der Waals surface area contributed by atoms with Gasteiger partial charge in [0.2, 0.25) is 0 Å². The van der Waals surface area contributed by atoms with E-state index in [0.29, 0.717) is 35.9 Å². The van der Waals surface area contributed by atoms with E-state index < -0.39 is 0 Å². The van der Waals surface area contributed by atoms with Gasteiger partial charge in [0.25, 0.3) is 5.91 Å². The normalized spacial score (nSPS) is 15.2. The quantitative estimate of drug-likeness (QED) is 0.838. The highest BCUT2D eigenvalue weighted by atomic mass is 16.7. The second kappa shape index (κ2) is 5.79. The van der Waals surface area contributed by atoms with Crippen LogP contribution in [-0.2, 0) is 4.84 Å². The number of nitrogens with two attached hydrogens (primary N) is 1. The number of carbonyl (C=O) groups is 1. The van der Waals surface area contributed by atoms with Crippen LogP contribution in [0.2, 0.25) is 0 Å². The number of benzene rings is 1. The van der Waals surface area contributed by atoms with Gasteiger partial charge in [0, 0.05) is 18.3 Å². The fourth-order valence-corrected chi connectivity index (χ4v) is 1.97. The Morgan fingerprint density at radius 2 is 1.95 bits per heavy atom. The van der Waals surface area contributed by atoms with Crippen LogP contribution in [0.3, 0.4) is 0 Å². The molecule has 1 aromatic carbocycles. The van der Waals surface area contributed by atoms with Crippen LogP contribution in [0.25, 0.3) is 0 Å². The number of amides is 1. The summed E-state index contributed by atoms with van der Waals surface area (Å²) in [5.41, 5.74) is 6.59. The molecule has 0 bridgehead atoms. The number of ether oxygens (including phenoxy) is 2. The first kappa shape index (κ1) is 13.5. The summed E-state index contributed by atoms with van der Waals surface area (Å²) in [6.07, 6.45) is 1.89. The summed E-state index contributed by atoms with van der Waals surface area (Å²) in [5, 5.41) is 1.35. The molecule has 0 atom stereocenters. The summed E-state index contributed by atoms with van der Waals surface area (Å²) in [6, 6.07) is 3.16. The summed E-state index contributed by atoms with van der Waals surface area (Å²) in [6.45, 7) is 1.13. The first-order valence-electron chi connectivity index (χ1n) is 6.13. The topological polar surface area (TPSA) is 74.0 Å². The summed E-state index contributed by atoms with van der Waals surface area (Å²) in [7, 11) is 3.03. The molecular formula is C13H18N2O4. The standard InChI is InChI=1S/C13H18N2O4/c1-17-11-7-9(10(14)8-12(11)18-2)13(16)15-5-3-4-6-19-15/h7-8H,3-6,14H2,1-2H3. The van der Waals surface area contributed by atoms with Crippen molar-refractivity contribution in [2.24, 2.45) is 0 Å². The Morgan fingerprint density at radius 1 is 1.26 bits per heavy atom. The summed E-state index contributed by atoms with van der Waals surface area (Å²) < 4.78 is 10.3.